The van der Waals surface area contributed by atoms with E-state index in [2.05, 4.69) is 17.2 Å². The Morgan fingerprint density at radius 3 is 3.00 bits per heavy atom. The van der Waals surface area contributed by atoms with E-state index in [4.69, 9.17) is 0 Å². The van der Waals surface area contributed by atoms with E-state index in [1.165, 1.54) is 0 Å². The lowest BCUT2D eigenvalue weighted by Gasteiger charge is -2.18. The third kappa shape index (κ3) is 5.22. The molecule has 1 atom stereocenters. The molecule has 0 aliphatic carbocycles. The van der Waals surface area contributed by atoms with Crippen LogP contribution in [0.15, 0.2) is 24.5 Å². The number of amides is 1. The van der Waals surface area contributed by atoms with Crippen LogP contribution in [0.25, 0.3) is 0 Å². The van der Waals surface area contributed by atoms with Gasteiger partial charge in [0.05, 0.1) is 11.8 Å². The molecule has 3 nitrogen and oxygen atoms in total. The highest BCUT2D eigenvalue weighted by molar-refractivity contribution is 7.99. The Morgan fingerprint density at radius 2 is 2.41 bits per heavy atom. The summed E-state index contributed by atoms with van der Waals surface area (Å²) in [6, 6.07) is 4.03. The quantitative estimate of drug-likeness (QED) is 0.811. The van der Waals surface area contributed by atoms with E-state index in [0.29, 0.717) is 5.75 Å². The van der Waals surface area contributed by atoms with Crippen molar-refractivity contribution < 1.29 is 4.79 Å². The average Bonchev–Trinajstić information content (AvgIpc) is 2.36. The predicted octanol–water partition coefficient (Wildman–Crippen LogP) is 2.79. The summed E-state index contributed by atoms with van der Waals surface area (Å²) in [5.74, 6) is 0.616. The second-order valence-corrected chi connectivity index (χ2v) is 4.85. The van der Waals surface area contributed by atoms with Gasteiger partial charge in [-0.2, -0.15) is 11.8 Å². The molecule has 17 heavy (non-hydrogen) atoms. The minimum Gasteiger partial charge on any atom is -0.349 e. The van der Waals surface area contributed by atoms with E-state index in [9.17, 15) is 4.79 Å². The second-order valence-electron chi connectivity index (χ2n) is 3.98. The van der Waals surface area contributed by atoms with E-state index in [1.807, 2.05) is 24.6 Å². The molecular formula is C13H20N2OS. The third-order valence-electron chi connectivity index (χ3n) is 2.54. The summed E-state index contributed by atoms with van der Waals surface area (Å²) < 4.78 is 0. The zero-order valence-corrected chi connectivity index (χ0v) is 11.3. The molecule has 4 heteroatoms. The summed E-state index contributed by atoms with van der Waals surface area (Å²) >= 11 is 1.54. The van der Waals surface area contributed by atoms with Crippen molar-refractivity contribution in [1.82, 2.24) is 10.3 Å². The number of nitrogens with one attached hydrogen (secondary N) is 1. The maximum absolute atomic E-state index is 11.6. The van der Waals surface area contributed by atoms with Crippen molar-refractivity contribution in [2.45, 2.75) is 32.2 Å². The lowest BCUT2D eigenvalue weighted by molar-refractivity contribution is -0.119. The smallest absolute Gasteiger partial charge is 0.230 e. The van der Waals surface area contributed by atoms with Gasteiger partial charge in [-0.15, -0.1) is 0 Å². The minimum absolute atomic E-state index is 0.0995. The Hall–Kier alpha value is -1.03. The van der Waals surface area contributed by atoms with Crippen molar-refractivity contribution in [2.24, 2.45) is 0 Å². The SMILES string of the molecule is CCCC[C@H](NC(=O)CSC)c1cccnc1. The molecule has 0 bridgehead atoms. The largest absolute Gasteiger partial charge is 0.349 e. The number of aromatic nitrogens is 1. The van der Waals surface area contributed by atoms with Crippen LogP contribution in [-0.4, -0.2) is 22.9 Å². The van der Waals surface area contributed by atoms with Gasteiger partial charge in [-0.25, -0.2) is 0 Å². The molecule has 0 unspecified atom stereocenters. The molecule has 0 spiro atoms. The van der Waals surface area contributed by atoms with Crippen LogP contribution in [-0.2, 0) is 4.79 Å². The van der Waals surface area contributed by atoms with E-state index in [1.54, 1.807) is 18.0 Å². The molecule has 0 fully saturated rings. The Kier molecular flexibility index (Phi) is 6.70. The van der Waals surface area contributed by atoms with Gasteiger partial charge in [-0.1, -0.05) is 25.8 Å². The standard InChI is InChI=1S/C13H20N2OS/c1-3-4-7-12(15-13(16)10-17-2)11-6-5-8-14-9-11/h5-6,8-9,12H,3-4,7,10H2,1-2H3,(H,15,16)/t12-/m0/s1. The Morgan fingerprint density at radius 1 is 1.59 bits per heavy atom. The van der Waals surface area contributed by atoms with Gasteiger partial charge < -0.3 is 5.32 Å². The number of pyridine rings is 1. The molecule has 1 N–H and O–H groups in total. The third-order valence-corrected chi connectivity index (χ3v) is 3.09. The predicted molar refractivity (Wildman–Crippen MR) is 73.0 cm³/mol. The highest BCUT2D eigenvalue weighted by Gasteiger charge is 2.13. The van der Waals surface area contributed by atoms with Crippen LogP contribution in [0, 0.1) is 0 Å². The minimum atomic E-state index is 0.0995. The molecule has 0 aliphatic rings. The number of carbonyl (C=O) groups is 1. The normalized spacial score (nSPS) is 12.1. The summed E-state index contributed by atoms with van der Waals surface area (Å²) in [6.45, 7) is 2.16. The summed E-state index contributed by atoms with van der Waals surface area (Å²) in [6.07, 6.45) is 8.74. The highest BCUT2D eigenvalue weighted by atomic mass is 32.2. The number of hydrogen-bond donors (Lipinski definition) is 1. The molecule has 0 aromatic carbocycles. The van der Waals surface area contributed by atoms with Gasteiger partial charge >= 0.3 is 0 Å². The molecule has 0 saturated carbocycles. The molecule has 1 amide bonds. The first-order valence-electron chi connectivity index (χ1n) is 5.96. The van der Waals surface area contributed by atoms with Crippen LogP contribution in [0.3, 0.4) is 0 Å². The number of hydrogen-bond acceptors (Lipinski definition) is 3. The van der Waals surface area contributed by atoms with Crippen LogP contribution in [0.5, 0.6) is 0 Å². The van der Waals surface area contributed by atoms with Gasteiger partial charge in [0.2, 0.25) is 5.91 Å². The fraction of sp³-hybridized carbons (Fsp3) is 0.538. The molecule has 1 heterocycles. The Balaban J connectivity index is 2.63. The fourth-order valence-corrected chi connectivity index (χ4v) is 2.03. The molecular weight excluding hydrogens is 232 g/mol. The number of rotatable bonds is 7. The van der Waals surface area contributed by atoms with Gasteiger partial charge in [0.25, 0.3) is 0 Å². The summed E-state index contributed by atoms with van der Waals surface area (Å²) in [7, 11) is 0. The van der Waals surface area contributed by atoms with Crippen LogP contribution in [0.2, 0.25) is 0 Å². The van der Waals surface area contributed by atoms with Crippen molar-refractivity contribution in [2.75, 3.05) is 12.0 Å². The zero-order valence-electron chi connectivity index (χ0n) is 10.5. The van der Waals surface area contributed by atoms with E-state index in [0.717, 1.165) is 24.8 Å². The van der Waals surface area contributed by atoms with Crippen molar-refractivity contribution in [3.05, 3.63) is 30.1 Å². The maximum Gasteiger partial charge on any atom is 0.230 e. The van der Waals surface area contributed by atoms with Crippen LogP contribution in [0.4, 0.5) is 0 Å². The van der Waals surface area contributed by atoms with Gasteiger partial charge in [0.1, 0.15) is 0 Å². The molecule has 94 valence electrons. The monoisotopic (exact) mass is 252 g/mol. The first-order valence-corrected chi connectivity index (χ1v) is 7.35. The van der Waals surface area contributed by atoms with Crippen LogP contribution < -0.4 is 5.32 Å². The number of nitrogens with zero attached hydrogens (tertiary/aromatic N) is 1. The number of carbonyl (C=O) groups excluding carboxylic acids is 1. The molecule has 1 rings (SSSR count). The van der Waals surface area contributed by atoms with Crippen LogP contribution in [0.1, 0.15) is 37.8 Å². The van der Waals surface area contributed by atoms with E-state index in [-0.39, 0.29) is 11.9 Å². The summed E-state index contributed by atoms with van der Waals surface area (Å²) in [5, 5.41) is 3.07. The highest BCUT2D eigenvalue weighted by Crippen LogP contribution is 2.18. The number of unbranched alkanes of at least 4 members (excludes halogenated alkanes) is 1. The van der Waals surface area contributed by atoms with Crippen LogP contribution >= 0.6 is 11.8 Å². The van der Waals surface area contributed by atoms with Crippen molar-refractivity contribution in [1.29, 1.82) is 0 Å². The first-order chi connectivity index (χ1) is 8.27. The number of thioether (sulfide) groups is 1. The maximum atomic E-state index is 11.6. The molecule has 1 aromatic heterocycles. The molecule has 1 aromatic rings. The fourth-order valence-electron chi connectivity index (χ4n) is 1.68. The van der Waals surface area contributed by atoms with Crippen molar-refractivity contribution in [3.8, 4) is 0 Å². The Labute approximate surface area is 107 Å². The summed E-state index contributed by atoms with van der Waals surface area (Å²) in [5.41, 5.74) is 1.09. The second kappa shape index (κ2) is 8.12. The van der Waals surface area contributed by atoms with Gasteiger partial charge in [0, 0.05) is 12.4 Å². The lowest BCUT2D eigenvalue weighted by Crippen LogP contribution is -2.30. The molecule has 0 radical (unpaired) electrons. The first kappa shape index (κ1) is 14.0. The van der Waals surface area contributed by atoms with Gasteiger partial charge in [0.15, 0.2) is 0 Å². The van der Waals surface area contributed by atoms with E-state index < -0.39 is 0 Å². The topological polar surface area (TPSA) is 42.0 Å². The van der Waals surface area contributed by atoms with Gasteiger partial charge in [-0.3, -0.25) is 9.78 Å². The zero-order chi connectivity index (χ0) is 12.5. The molecule has 0 saturated heterocycles. The van der Waals surface area contributed by atoms with Crippen molar-refractivity contribution >= 4 is 17.7 Å². The molecule has 0 aliphatic heterocycles. The average molecular weight is 252 g/mol. The van der Waals surface area contributed by atoms with E-state index >= 15 is 0 Å². The van der Waals surface area contributed by atoms with Gasteiger partial charge in [-0.05, 0) is 24.3 Å². The lowest BCUT2D eigenvalue weighted by atomic mass is 10.0. The Bertz CT molecular complexity index is 329. The summed E-state index contributed by atoms with van der Waals surface area (Å²) in [4.78, 5) is 15.7. The van der Waals surface area contributed by atoms with Crippen molar-refractivity contribution in [3.63, 3.8) is 0 Å².